The van der Waals surface area contributed by atoms with Gasteiger partial charge in [-0.1, -0.05) is 0 Å². The number of carbonyl (C=O) groups excluding carboxylic acids is 2. The number of benzene rings is 1. The second-order valence-electron chi connectivity index (χ2n) is 11.3. The Bertz CT molecular complexity index is 1270. The van der Waals surface area contributed by atoms with E-state index in [0.717, 1.165) is 48.4 Å². The standard InChI is InChI=1S/C28H36N6O4/c1-14(2)29-25(35)21-9-10-22(26(31-21)38-4)30-24-17-7-5-15(11-23(17)33-34-24)19-13-28(19)18-12-16(37-3)6-8-20(18)32-27(28)36/h6,8-10,12,14-15,17,19,23-24,30,33-34H,5,7,11,13H2,1-4H3,(H,29,35)(H,32,36)/t15?,17?,19-,23?,24?,28-/m0/s1. The molecule has 1 aromatic carbocycles. The van der Waals surface area contributed by atoms with Gasteiger partial charge in [-0.2, -0.15) is 0 Å². The molecule has 10 nitrogen and oxygen atoms in total. The molecule has 2 saturated carbocycles. The smallest absolute Gasteiger partial charge is 0.270 e. The minimum Gasteiger partial charge on any atom is -0.497 e. The number of anilines is 2. The molecule has 2 aromatic rings. The number of hydrazine groups is 1. The molecule has 3 heterocycles. The Morgan fingerprint density at radius 3 is 2.74 bits per heavy atom. The lowest BCUT2D eigenvalue weighted by atomic mass is 9.74. The van der Waals surface area contributed by atoms with Crippen LogP contribution >= 0.6 is 0 Å². The molecular weight excluding hydrogens is 484 g/mol. The Morgan fingerprint density at radius 2 is 1.97 bits per heavy atom. The molecule has 4 unspecified atom stereocenters. The van der Waals surface area contributed by atoms with Crippen LogP contribution in [0.1, 0.15) is 55.6 Å². The van der Waals surface area contributed by atoms with Crippen LogP contribution in [0.25, 0.3) is 0 Å². The van der Waals surface area contributed by atoms with Gasteiger partial charge in [-0.25, -0.2) is 10.4 Å². The maximum absolute atomic E-state index is 13.1. The van der Waals surface area contributed by atoms with E-state index in [1.165, 1.54) is 0 Å². The number of aromatic nitrogens is 1. The molecule has 2 aliphatic heterocycles. The van der Waals surface area contributed by atoms with E-state index in [4.69, 9.17) is 9.47 Å². The van der Waals surface area contributed by atoms with Crippen molar-refractivity contribution in [2.45, 2.75) is 63.2 Å². The summed E-state index contributed by atoms with van der Waals surface area (Å²) in [6, 6.07) is 9.78. The molecule has 10 heteroatoms. The predicted octanol–water partition coefficient (Wildman–Crippen LogP) is 2.78. The van der Waals surface area contributed by atoms with Crippen LogP contribution < -0.4 is 36.3 Å². The fourth-order valence-electron chi connectivity index (χ4n) is 6.85. The lowest BCUT2D eigenvalue weighted by molar-refractivity contribution is -0.118. The summed E-state index contributed by atoms with van der Waals surface area (Å²) in [6.07, 6.45) is 4.02. The topological polar surface area (TPSA) is 126 Å². The second kappa shape index (κ2) is 9.43. The number of carbonyl (C=O) groups is 2. The molecule has 4 aliphatic rings. The summed E-state index contributed by atoms with van der Waals surface area (Å²) in [5.41, 5.74) is 9.60. The fraction of sp³-hybridized carbons (Fsp3) is 0.536. The van der Waals surface area contributed by atoms with Crippen LogP contribution in [0.3, 0.4) is 0 Å². The van der Waals surface area contributed by atoms with Crippen LogP contribution in [0.5, 0.6) is 11.6 Å². The highest BCUT2D eigenvalue weighted by molar-refractivity contribution is 6.09. The second-order valence-corrected chi connectivity index (χ2v) is 11.3. The van der Waals surface area contributed by atoms with Crippen molar-refractivity contribution in [2.75, 3.05) is 24.9 Å². The molecule has 3 fully saturated rings. The van der Waals surface area contributed by atoms with E-state index in [2.05, 4.69) is 31.8 Å². The van der Waals surface area contributed by atoms with E-state index in [0.29, 0.717) is 35.4 Å². The van der Waals surface area contributed by atoms with Crippen molar-refractivity contribution in [3.63, 3.8) is 0 Å². The van der Waals surface area contributed by atoms with E-state index in [1.54, 1.807) is 20.3 Å². The third-order valence-corrected chi connectivity index (χ3v) is 8.76. The van der Waals surface area contributed by atoms with Crippen molar-refractivity contribution in [2.24, 2.45) is 17.8 Å². The molecule has 0 radical (unpaired) electrons. The van der Waals surface area contributed by atoms with Crippen molar-refractivity contribution in [1.82, 2.24) is 21.2 Å². The Hall–Kier alpha value is -3.37. The summed E-state index contributed by atoms with van der Waals surface area (Å²) < 4.78 is 11.0. The number of hydrogen-bond donors (Lipinski definition) is 5. The molecular formula is C28H36N6O4. The molecule has 1 aromatic heterocycles. The zero-order valence-electron chi connectivity index (χ0n) is 22.3. The van der Waals surface area contributed by atoms with Gasteiger partial charge < -0.3 is 25.4 Å². The van der Waals surface area contributed by atoms with Crippen molar-refractivity contribution in [3.8, 4) is 11.6 Å². The number of rotatable bonds is 7. The fourth-order valence-corrected chi connectivity index (χ4v) is 6.85. The van der Waals surface area contributed by atoms with Crippen molar-refractivity contribution in [3.05, 3.63) is 41.6 Å². The Labute approximate surface area is 222 Å². The van der Waals surface area contributed by atoms with Crippen LogP contribution in [-0.2, 0) is 10.2 Å². The lowest BCUT2D eigenvalue weighted by Crippen LogP contribution is -2.39. The van der Waals surface area contributed by atoms with E-state index < -0.39 is 5.41 Å². The van der Waals surface area contributed by atoms with Crippen molar-refractivity contribution in [1.29, 1.82) is 0 Å². The van der Waals surface area contributed by atoms with E-state index in [-0.39, 0.29) is 24.0 Å². The molecule has 1 spiro atoms. The van der Waals surface area contributed by atoms with Gasteiger partial charge in [0, 0.05) is 23.7 Å². The number of hydrogen-bond acceptors (Lipinski definition) is 8. The average Bonchev–Trinajstić information content (AvgIpc) is 3.46. The zero-order chi connectivity index (χ0) is 26.6. The lowest BCUT2D eigenvalue weighted by Gasteiger charge is -2.34. The van der Waals surface area contributed by atoms with E-state index in [1.807, 2.05) is 38.1 Å². The average molecular weight is 521 g/mol. The van der Waals surface area contributed by atoms with Crippen LogP contribution in [0.2, 0.25) is 0 Å². The largest absolute Gasteiger partial charge is 0.497 e. The first kappa shape index (κ1) is 24.9. The minimum atomic E-state index is -0.409. The number of ether oxygens (including phenoxy) is 2. The van der Waals surface area contributed by atoms with Gasteiger partial charge in [0.15, 0.2) is 0 Å². The number of nitrogens with zero attached hydrogens (tertiary/aromatic N) is 1. The Morgan fingerprint density at radius 1 is 1.13 bits per heavy atom. The summed E-state index contributed by atoms with van der Waals surface area (Å²) in [5.74, 6) is 2.29. The SMILES string of the molecule is COc1ccc2c(c1)[C@]1(C[C@H]1C1CCC3C(C1)NNC3Nc1ccc(C(=O)NC(C)C)nc1OC)C(=O)N2. The monoisotopic (exact) mass is 520 g/mol. The van der Waals surface area contributed by atoms with Gasteiger partial charge >= 0.3 is 0 Å². The maximum atomic E-state index is 13.1. The maximum Gasteiger partial charge on any atom is 0.270 e. The Kier molecular flexibility index (Phi) is 6.19. The Balaban J connectivity index is 1.12. The normalized spacial score (nSPS) is 31.0. The molecule has 6 rings (SSSR count). The van der Waals surface area contributed by atoms with Crippen molar-refractivity contribution < 1.29 is 19.1 Å². The third kappa shape index (κ3) is 4.06. The summed E-state index contributed by atoms with van der Waals surface area (Å²) in [6.45, 7) is 3.83. The van der Waals surface area contributed by atoms with Gasteiger partial charge in [0.1, 0.15) is 11.4 Å². The minimum absolute atomic E-state index is 0.0000740. The van der Waals surface area contributed by atoms with Gasteiger partial charge in [-0.3, -0.25) is 15.0 Å². The number of pyridine rings is 1. The summed E-state index contributed by atoms with van der Waals surface area (Å²) in [5, 5.41) is 9.50. The molecule has 38 heavy (non-hydrogen) atoms. The first-order valence-corrected chi connectivity index (χ1v) is 13.5. The van der Waals surface area contributed by atoms with Gasteiger partial charge in [-0.15, -0.1) is 0 Å². The van der Waals surface area contributed by atoms with Crippen LogP contribution in [-0.4, -0.2) is 49.3 Å². The van der Waals surface area contributed by atoms with Gasteiger partial charge in [-0.05, 0) is 87.3 Å². The number of methoxy groups -OCH3 is 2. The molecule has 6 atom stereocenters. The molecule has 2 aliphatic carbocycles. The van der Waals surface area contributed by atoms with Gasteiger partial charge in [0.2, 0.25) is 11.8 Å². The van der Waals surface area contributed by atoms with E-state index >= 15 is 0 Å². The van der Waals surface area contributed by atoms with Gasteiger partial charge in [0.25, 0.3) is 5.91 Å². The zero-order valence-corrected chi connectivity index (χ0v) is 22.3. The summed E-state index contributed by atoms with van der Waals surface area (Å²) >= 11 is 0. The quantitative estimate of drug-likeness (QED) is 0.377. The molecule has 202 valence electrons. The number of nitrogens with one attached hydrogen (secondary N) is 5. The highest BCUT2D eigenvalue weighted by Gasteiger charge is 2.67. The molecule has 1 saturated heterocycles. The third-order valence-electron chi connectivity index (χ3n) is 8.76. The highest BCUT2D eigenvalue weighted by atomic mass is 16.5. The first-order chi connectivity index (χ1) is 18.3. The summed E-state index contributed by atoms with van der Waals surface area (Å²) in [4.78, 5) is 29.9. The number of amides is 2. The predicted molar refractivity (Wildman–Crippen MR) is 143 cm³/mol. The van der Waals surface area contributed by atoms with Gasteiger partial charge in [0.05, 0.1) is 31.5 Å². The number of fused-ring (bicyclic) bond motifs is 3. The molecule has 0 bridgehead atoms. The van der Waals surface area contributed by atoms with Crippen LogP contribution in [0.15, 0.2) is 30.3 Å². The summed E-state index contributed by atoms with van der Waals surface area (Å²) in [7, 11) is 3.22. The van der Waals surface area contributed by atoms with Crippen LogP contribution in [0, 0.1) is 17.8 Å². The van der Waals surface area contributed by atoms with Crippen LogP contribution in [0.4, 0.5) is 11.4 Å². The van der Waals surface area contributed by atoms with Crippen molar-refractivity contribution >= 4 is 23.2 Å². The highest BCUT2D eigenvalue weighted by Crippen LogP contribution is 2.65. The molecule has 2 amide bonds. The first-order valence-electron chi connectivity index (χ1n) is 13.5. The van der Waals surface area contributed by atoms with E-state index in [9.17, 15) is 9.59 Å². The molecule has 5 N–H and O–H groups in total.